The van der Waals surface area contributed by atoms with Gasteiger partial charge in [0.15, 0.2) is 11.5 Å². The van der Waals surface area contributed by atoms with Crippen molar-refractivity contribution >= 4 is 11.9 Å². The van der Waals surface area contributed by atoms with Gasteiger partial charge in [-0.15, -0.1) is 0 Å². The van der Waals surface area contributed by atoms with Crippen molar-refractivity contribution in [2.75, 3.05) is 54.1 Å². The number of nitrogens with one attached hydrogen (secondary N) is 2. The predicted molar refractivity (Wildman–Crippen MR) is 164 cm³/mol. The van der Waals surface area contributed by atoms with E-state index in [9.17, 15) is 9.59 Å². The Labute approximate surface area is 250 Å². The van der Waals surface area contributed by atoms with Gasteiger partial charge in [0.2, 0.25) is 0 Å². The first-order valence-corrected chi connectivity index (χ1v) is 15.2. The van der Waals surface area contributed by atoms with Crippen molar-refractivity contribution < 1.29 is 23.8 Å². The molecule has 2 aromatic rings. The summed E-state index contributed by atoms with van der Waals surface area (Å²) in [4.78, 5) is 30.9. The molecule has 2 aliphatic rings. The zero-order chi connectivity index (χ0) is 30.1. The van der Waals surface area contributed by atoms with E-state index in [4.69, 9.17) is 14.2 Å². The Kier molecular flexibility index (Phi) is 11.5. The van der Waals surface area contributed by atoms with Gasteiger partial charge in [0.05, 0.1) is 13.7 Å². The normalized spacial score (nSPS) is 18.9. The lowest BCUT2D eigenvalue weighted by Crippen LogP contribution is -2.51. The lowest BCUT2D eigenvalue weighted by Gasteiger charge is -2.35. The molecule has 1 saturated heterocycles. The highest BCUT2D eigenvalue weighted by Gasteiger charge is 2.44. The first-order valence-electron chi connectivity index (χ1n) is 15.2. The van der Waals surface area contributed by atoms with Crippen LogP contribution in [-0.2, 0) is 11.3 Å². The highest BCUT2D eigenvalue weighted by molar-refractivity contribution is 5.95. The van der Waals surface area contributed by atoms with Crippen LogP contribution in [-0.4, -0.2) is 87.9 Å². The highest BCUT2D eigenvalue weighted by Crippen LogP contribution is 2.39. The minimum atomic E-state index is -0.0468. The molecule has 0 aromatic heterocycles. The average Bonchev–Trinajstić information content (AvgIpc) is 3.74. The molecule has 1 heterocycles. The Balaban J connectivity index is 1.44. The third kappa shape index (κ3) is 8.38. The maximum atomic E-state index is 13.9. The Bertz CT molecular complexity index is 1160. The van der Waals surface area contributed by atoms with Gasteiger partial charge in [0.25, 0.3) is 5.91 Å². The van der Waals surface area contributed by atoms with Crippen LogP contribution in [0.15, 0.2) is 48.5 Å². The smallest absolute Gasteiger partial charge is 0.317 e. The second-order valence-corrected chi connectivity index (χ2v) is 11.8. The SMILES string of the molecule is COCCCOc1cc(C(=O)N(C[C@@H]2CNC[C@H]2C(NC(=O)N(C)Cc2ccccc2)C2CC2)C(C)C)ccc1OC. The number of rotatable bonds is 15. The summed E-state index contributed by atoms with van der Waals surface area (Å²) in [7, 11) is 5.11. The fraction of sp³-hybridized carbons (Fsp3) is 0.576. The number of methoxy groups -OCH3 is 2. The van der Waals surface area contributed by atoms with Gasteiger partial charge in [-0.1, -0.05) is 30.3 Å². The van der Waals surface area contributed by atoms with E-state index in [1.165, 1.54) is 0 Å². The monoisotopic (exact) mass is 580 g/mol. The van der Waals surface area contributed by atoms with E-state index in [1.807, 2.05) is 42.3 Å². The maximum Gasteiger partial charge on any atom is 0.317 e. The van der Waals surface area contributed by atoms with E-state index in [0.29, 0.717) is 49.3 Å². The second-order valence-electron chi connectivity index (χ2n) is 11.8. The van der Waals surface area contributed by atoms with Gasteiger partial charge < -0.3 is 34.6 Å². The number of carbonyl (C=O) groups is 2. The van der Waals surface area contributed by atoms with Crippen LogP contribution < -0.4 is 20.1 Å². The maximum absolute atomic E-state index is 13.9. The van der Waals surface area contributed by atoms with Gasteiger partial charge in [0.1, 0.15) is 0 Å². The molecule has 9 nitrogen and oxygen atoms in total. The number of benzene rings is 2. The highest BCUT2D eigenvalue weighted by atomic mass is 16.5. The molecule has 0 bridgehead atoms. The minimum absolute atomic E-state index is 0.0119. The molecule has 2 fully saturated rings. The number of amides is 3. The molecule has 2 aromatic carbocycles. The number of nitrogens with zero attached hydrogens (tertiary/aromatic N) is 2. The summed E-state index contributed by atoms with van der Waals surface area (Å²) in [5.41, 5.74) is 1.68. The minimum Gasteiger partial charge on any atom is -0.493 e. The summed E-state index contributed by atoms with van der Waals surface area (Å²) in [6.07, 6.45) is 3.00. The zero-order valence-corrected chi connectivity index (χ0v) is 25.8. The van der Waals surface area contributed by atoms with E-state index < -0.39 is 0 Å². The van der Waals surface area contributed by atoms with Crippen LogP contribution in [0.5, 0.6) is 11.5 Å². The molecule has 3 atom stereocenters. The lowest BCUT2D eigenvalue weighted by atomic mass is 9.85. The van der Waals surface area contributed by atoms with Gasteiger partial charge in [-0.25, -0.2) is 4.79 Å². The van der Waals surface area contributed by atoms with Crippen LogP contribution in [0.1, 0.15) is 49.0 Å². The van der Waals surface area contributed by atoms with Gasteiger partial charge in [-0.2, -0.15) is 0 Å². The molecule has 0 radical (unpaired) electrons. The van der Waals surface area contributed by atoms with E-state index in [1.54, 1.807) is 37.3 Å². The van der Waals surface area contributed by atoms with E-state index in [2.05, 4.69) is 24.5 Å². The molecule has 230 valence electrons. The van der Waals surface area contributed by atoms with Crippen molar-refractivity contribution in [1.29, 1.82) is 0 Å². The summed E-state index contributed by atoms with van der Waals surface area (Å²) in [5, 5.41) is 6.95. The molecule has 9 heteroatoms. The largest absolute Gasteiger partial charge is 0.493 e. The Hall–Kier alpha value is -3.30. The van der Waals surface area contributed by atoms with Gasteiger partial charge in [-0.3, -0.25) is 4.79 Å². The van der Waals surface area contributed by atoms with Crippen LogP contribution in [0, 0.1) is 17.8 Å². The molecule has 4 rings (SSSR count). The van der Waals surface area contributed by atoms with Crippen molar-refractivity contribution in [3.8, 4) is 11.5 Å². The van der Waals surface area contributed by atoms with Crippen LogP contribution in [0.4, 0.5) is 4.79 Å². The fourth-order valence-corrected chi connectivity index (χ4v) is 5.84. The Morgan fingerprint density at radius 3 is 2.45 bits per heavy atom. The van der Waals surface area contributed by atoms with Gasteiger partial charge in [-0.05, 0) is 68.2 Å². The summed E-state index contributed by atoms with van der Waals surface area (Å²) in [6, 6.07) is 15.5. The summed E-state index contributed by atoms with van der Waals surface area (Å²) in [6.45, 7) is 8.01. The third-order valence-corrected chi connectivity index (χ3v) is 8.36. The first-order chi connectivity index (χ1) is 20.3. The molecule has 0 spiro atoms. The van der Waals surface area contributed by atoms with Crippen LogP contribution in [0.2, 0.25) is 0 Å². The second kappa shape index (κ2) is 15.3. The Morgan fingerprint density at radius 1 is 1.02 bits per heavy atom. The predicted octanol–water partition coefficient (Wildman–Crippen LogP) is 4.42. The number of hydrogen-bond donors (Lipinski definition) is 2. The lowest BCUT2D eigenvalue weighted by molar-refractivity contribution is 0.0649. The van der Waals surface area contributed by atoms with Crippen molar-refractivity contribution in [3.05, 3.63) is 59.7 Å². The van der Waals surface area contributed by atoms with E-state index >= 15 is 0 Å². The van der Waals surface area contributed by atoms with Gasteiger partial charge >= 0.3 is 6.03 Å². The van der Waals surface area contributed by atoms with E-state index in [-0.39, 0.29) is 35.9 Å². The Morgan fingerprint density at radius 2 is 1.79 bits per heavy atom. The zero-order valence-electron chi connectivity index (χ0n) is 25.8. The molecular weight excluding hydrogens is 532 g/mol. The molecular formula is C33H48N4O5. The van der Waals surface area contributed by atoms with Crippen molar-refractivity contribution in [2.24, 2.45) is 17.8 Å². The number of hydrogen-bond acceptors (Lipinski definition) is 6. The fourth-order valence-electron chi connectivity index (χ4n) is 5.84. The topological polar surface area (TPSA) is 92.4 Å². The standard InChI is InChI=1S/C33H48N4O5/c1-23(2)37(32(38)26-14-15-29(41-5)30(18-26)42-17-9-16-40-4)22-27-19-34-20-28(27)31(25-12-13-25)35-33(39)36(3)21-24-10-7-6-8-11-24/h6-8,10-11,14-15,18,23,25,27-28,31,34H,9,12-13,16-17,19-22H2,1-5H3,(H,35,39)/t27-,28+,31?/m0/s1. The number of ether oxygens (including phenoxy) is 3. The van der Waals surface area contributed by atoms with Crippen molar-refractivity contribution in [2.45, 2.75) is 51.7 Å². The number of urea groups is 1. The molecule has 1 unspecified atom stereocenters. The molecule has 2 N–H and O–H groups in total. The molecule has 1 aliphatic carbocycles. The molecule has 1 aliphatic heterocycles. The van der Waals surface area contributed by atoms with Crippen LogP contribution >= 0.6 is 0 Å². The molecule has 42 heavy (non-hydrogen) atoms. The van der Waals surface area contributed by atoms with Gasteiger partial charge in [0, 0.05) is 71.0 Å². The molecule has 3 amide bonds. The van der Waals surface area contributed by atoms with Crippen molar-refractivity contribution in [1.82, 2.24) is 20.4 Å². The van der Waals surface area contributed by atoms with Crippen LogP contribution in [0.25, 0.3) is 0 Å². The average molecular weight is 581 g/mol. The van der Waals surface area contributed by atoms with Crippen LogP contribution in [0.3, 0.4) is 0 Å². The number of carbonyl (C=O) groups excluding carboxylic acids is 2. The van der Waals surface area contributed by atoms with E-state index in [0.717, 1.165) is 37.9 Å². The summed E-state index contributed by atoms with van der Waals surface area (Å²) < 4.78 is 16.5. The summed E-state index contributed by atoms with van der Waals surface area (Å²) in [5.74, 6) is 2.07. The first kappa shape index (κ1) is 31.6. The van der Waals surface area contributed by atoms with Crippen molar-refractivity contribution in [3.63, 3.8) is 0 Å². The quantitative estimate of drug-likeness (QED) is 0.303. The third-order valence-electron chi connectivity index (χ3n) is 8.36. The summed E-state index contributed by atoms with van der Waals surface area (Å²) >= 11 is 0. The molecule has 1 saturated carbocycles.